The van der Waals surface area contributed by atoms with Crippen LogP contribution < -0.4 is 0 Å². The monoisotopic (exact) mass is 372 g/mol. The quantitative estimate of drug-likeness (QED) is 0.331. The minimum Gasteiger partial charge on any atom is -0.207 e. The van der Waals surface area contributed by atoms with E-state index in [1.165, 1.54) is 6.07 Å². The molecule has 0 N–H and O–H groups in total. The van der Waals surface area contributed by atoms with Gasteiger partial charge in [-0.3, -0.25) is 0 Å². The maximum absolute atomic E-state index is 14.2. The van der Waals surface area contributed by atoms with E-state index in [2.05, 4.69) is 0 Å². The van der Waals surface area contributed by atoms with Gasteiger partial charge < -0.3 is 0 Å². The summed E-state index contributed by atoms with van der Waals surface area (Å²) in [6.45, 7) is 1.88. The molecule has 0 unspecified atom stereocenters. The van der Waals surface area contributed by atoms with Crippen LogP contribution in [0.15, 0.2) is 42.5 Å². The highest BCUT2D eigenvalue weighted by atomic mass is 19.2. The van der Waals surface area contributed by atoms with Crippen molar-refractivity contribution in [1.82, 2.24) is 0 Å². The summed E-state index contributed by atoms with van der Waals surface area (Å²) in [6, 6.07) is 11.5. The molecule has 4 heteroatoms. The first-order valence-electron chi connectivity index (χ1n) is 9.27. The second-order valence-electron chi connectivity index (χ2n) is 7.54. The molecule has 0 radical (unpaired) electrons. The summed E-state index contributed by atoms with van der Waals surface area (Å²) in [5.41, 5.74) is 2.69. The molecule has 0 nitrogen and oxygen atoms in total. The minimum absolute atomic E-state index is 0.0908. The minimum atomic E-state index is -1.43. The normalized spacial score (nSPS) is 20.2. The molecule has 0 spiro atoms. The highest BCUT2D eigenvalue weighted by Gasteiger charge is 2.25. The summed E-state index contributed by atoms with van der Waals surface area (Å²) in [4.78, 5) is 0. The summed E-state index contributed by atoms with van der Waals surface area (Å²) in [5, 5.41) is 0.462. The summed E-state index contributed by atoms with van der Waals surface area (Å²) >= 11 is 0. The number of fused-ring (bicyclic) bond motifs is 1. The molecule has 0 atom stereocenters. The van der Waals surface area contributed by atoms with Crippen molar-refractivity contribution in [3.05, 3.63) is 82.4 Å². The van der Waals surface area contributed by atoms with Crippen LogP contribution in [0.5, 0.6) is 0 Å². The molecule has 3 aromatic rings. The van der Waals surface area contributed by atoms with Crippen molar-refractivity contribution in [2.75, 3.05) is 0 Å². The lowest BCUT2D eigenvalue weighted by molar-refractivity contribution is 0.387. The molecule has 140 valence electrons. The lowest BCUT2D eigenvalue weighted by Gasteiger charge is -2.29. The fourth-order valence-corrected chi connectivity index (χ4v) is 4.28. The van der Waals surface area contributed by atoms with Gasteiger partial charge in [-0.05, 0) is 78.7 Å². The van der Waals surface area contributed by atoms with Gasteiger partial charge in [0, 0.05) is 5.39 Å². The van der Waals surface area contributed by atoms with Gasteiger partial charge in [0.15, 0.2) is 17.5 Å². The molecular weight excluding hydrogens is 352 g/mol. The van der Waals surface area contributed by atoms with Crippen molar-refractivity contribution in [2.24, 2.45) is 0 Å². The largest absolute Gasteiger partial charge is 0.207 e. The molecule has 1 aliphatic carbocycles. The first-order valence-corrected chi connectivity index (χ1v) is 9.27. The van der Waals surface area contributed by atoms with Crippen molar-refractivity contribution in [2.45, 2.75) is 44.4 Å². The Hall–Kier alpha value is -2.36. The smallest absolute Gasteiger partial charge is 0.195 e. The SMILES string of the molecule is Cc1ccc(C2CCC(c3ccc4c(F)c(F)c(F)cc4c3)CC2)c(F)c1. The number of benzene rings is 3. The molecule has 3 aromatic carbocycles. The zero-order valence-corrected chi connectivity index (χ0v) is 15.0. The third kappa shape index (κ3) is 3.33. The molecule has 1 aliphatic rings. The van der Waals surface area contributed by atoms with Gasteiger partial charge in [-0.2, -0.15) is 0 Å². The zero-order valence-electron chi connectivity index (χ0n) is 15.0. The van der Waals surface area contributed by atoms with Crippen LogP contribution in [0.1, 0.15) is 54.2 Å². The van der Waals surface area contributed by atoms with Crippen LogP contribution >= 0.6 is 0 Å². The third-order valence-electron chi connectivity index (χ3n) is 5.79. The Kier molecular flexibility index (Phi) is 4.67. The van der Waals surface area contributed by atoms with E-state index in [4.69, 9.17) is 0 Å². The van der Waals surface area contributed by atoms with Crippen LogP contribution in [0.25, 0.3) is 10.8 Å². The van der Waals surface area contributed by atoms with E-state index in [-0.39, 0.29) is 23.0 Å². The van der Waals surface area contributed by atoms with Crippen LogP contribution in [0, 0.1) is 30.2 Å². The lowest BCUT2D eigenvalue weighted by Crippen LogP contribution is -2.13. The molecule has 4 rings (SSSR count). The Balaban J connectivity index is 1.55. The van der Waals surface area contributed by atoms with Gasteiger partial charge in [-0.25, -0.2) is 17.6 Å². The molecule has 0 bridgehead atoms. The highest BCUT2D eigenvalue weighted by Crippen LogP contribution is 2.42. The van der Waals surface area contributed by atoms with Crippen molar-refractivity contribution >= 4 is 10.8 Å². The Bertz CT molecular complexity index is 1000. The standard InChI is InChI=1S/C23H20F4/c1-13-2-8-18(20(24)10-13)15-5-3-14(4-6-15)16-7-9-19-17(11-16)12-21(25)23(27)22(19)26/h2,7-12,14-15H,3-6H2,1H3. The molecule has 27 heavy (non-hydrogen) atoms. The predicted octanol–water partition coefficient (Wildman–Crippen LogP) is 7.15. The van der Waals surface area contributed by atoms with Crippen molar-refractivity contribution in [3.8, 4) is 0 Å². The number of halogens is 4. The number of hydrogen-bond acceptors (Lipinski definition) is 0. The van der Waals surface area contributed by atoms with E-state index in [0.29, 0.717) is 5.39 Å². The van der Waals surface area contributed by atoms with Gasteiger partial charge in [0.05, 0.1) is 0 Å². The highest BCUT2D eigenvalue weighted by molar-refractivity contribution is 5.84. The van der Waals surface area contributed by atoms with Gasteiger partial charge in [-0.15, -0.1) is 0 Å². The molecular formula is C23H20F4. The molecule has 0 saturated heterocycles. The van der Waals surface area contributed by atoms with Gasteiger partial charge in [0.1, 0.15) is 5.82 Å². The Morgan fingerprint density at radius 2 is 1.41 bits per heavy atom. The molecule has 0 aliphatic heterocycles. The van der Waals surface area contributed by atoms with E-state index in [0.717, 1.165) is 48.4 Å². The summed E-state index contributed by atoms with van der Waals surface area (Å²) in [7, 11) is 0. The fraction of sp³-hybridized carbons (Fsp3) is 0.304. The Labute approximate surface area is 155 Å². The average Bonchev–Trinajstić information content (AvgIpc) is 2.66. The topological polar surface area (TPSA) is 0 Å². The second-order valence-corrected chi connectivity index (χ2v) is 7.54. The van der Waals surface area contributed by atoms with Crippen LogP contribution in [0.2, 0.25) is 0 Å². The van der Waals surface area contributed by atoms with Gasteiger partial charge in [-0.1, -0.05) is 30.3 Å². The predicted molar refractivity (Wildman–Crippen MR) is 98.9 cm³/mol. The number of aryl methyl sites for hydroxylation is 1. The van der Waals surface area contributed by atoms with Gasteiger partial charge >= 0.3 is 0 Å². The first-order chi connectivity index (χ1) is 12.9. The van der Waals surface area contributed by atoms with Crippen LogP contribution in [-0.4, -0.2) is 0 Å². The number of hydrogen-bond donors (Lipinski definition) is 0. The fourth-order valence-electron chi connectivity index (χ4n) is 4.28. The maximum Gasteiger partial charge on any atom is 0.195 e. The van der Waals surface area contributed by atoms with Crippen molar-refractivity contribution in [1.29, 1.82) is 0 Å². The zero-order chi connectivity index (χ0) is 19.1. The maximum atomic E-state index is 14.2. The van der Waals surface area contributed by atoms with E-state index in [9.17, 15) is 17.6 Å². The Morgan fingerprint density at radius 1 is 0.704 bits per heavy atom. The molecule has 0 amide bonds. The van der Waals surface area contributed by atoms with Gasteiger partial charge in [0.25, 0.3) is 0 Å². The van der Waals surface area contributed by atoms with E-state index in [1.807, 2.05) is 19.1 Å². The van der Waals surface area contributed by atoms with Crippen LogP contribution in [0.3, 0.4) is 0 Å². The van der Waals surface area contributed by atoms with Crippen molar-refractivity contribution < 1.29 is 17.6 Å². The first kappa shape index (κ1) is 18.0. The van der Waals surface area contributed by atoms with Crippen molar-refractivity contribution in [3.63, 3.8) is 0 Å². The van der Waals surface area contributed by atoms with E-state index < -0.39 is 17.5 Å². The third-order valence-corrected chi connectivity index (χ3v) is 5.79. The molecule has 0 aromatic heterocycles. The molecule has 1 saturated carbocycles. The number of rotatable bonds is 2. The lowest BCUT2D eigenvalue weighted by atomic mass is 9.75. The average molecular weight is 372 g/mol. The van der Waals surface area contributed by atoms with E-state index >= 15 is 0 Å². The Morgan fingerprint density at radius 3 is 2.11 bits per heavy atom. The summed E-state index contributed by atoms with van der Waals surface area (Å²) < 4.78 is 55.1. The summed E-state index contributed by atoms with van der Waals surface area (Å²) in [6.07, 6.45) is 3.51. The van der Waals surface area contributed by atoms with Gasteiger partial charge in [0.2, 0.25) is 0 Å². The second kappa shape index (κ2) is 6.99. The van der Waals surface area contributed by atoms with E-state index in [1.54, 1.807) is 18.2 Å². The molecule has 0 heterocycles. The summed E-state index contributed by atoms with van der Waals surface area (Å²) in [5.74, 6) is -3.43. The molecule has 1 fully saturated rings. The van der Waals surface area contributed by atoms with Crippen LogP contribution in [-0.2, 0) is 0 Å². The van der Waals surface area contributed by atoms with Crippen LogP contribution in [0.4, 0.5) is 17.6 Å².